The Labute approximate surface area is 161 Å². The van der Waals surface area contributed by atoms with Crippen molar-refractivity contribution >= 4 is 33.9 Å². The summed E-state index contributed by atoms with van der Waals surface area (Å²) in [5, 5.41) is 18.2. The third-order valence-electron chi connectivity index (χ3n) is 4.16. The van der Waals surface area contributed by atoms with Gasteiger partial charge in [0.1, 0.15) is 6.04 Å². The number of carbonyl (C=O) groups excluding carboxylic acids is 2. The maximum absolute atomic E-state index is 12.6. The van der Waals surface area contributed by atoms with Crippen LogP contribution in [0.15, 0.2) is 60.0 Å². The van der Waals surface area contributed by atoms with Crippen molar-refractivity contribution < 1.29 is 9.59 Å². The van der Waals surface area contributed by atoms with Crippen LogP contribution in [-0.2, 0) is 11.2 Å². The largest absolute Gasteiger partial charge is 0.353 e. The molecule has 0 fully saturated rings. The highest BCUT2D eigenvalue weighted by atomic mass is 32.1. The minimum absolute atomic E-state index is 0.229. The lowest BCUT2D eigenvalue weighted by Gasteiger charge is -2.18. The first kappa shape index (κ1) is 18.6. The van der Waals surface area contributed by atoms with E-state index in [1.165, 1.54) is 11.3 Å². The number of rotatable bonds is 7. The van der Waals surface area contributed by atoms with Crippen molar-refractivity contribution in [1.29, 1.82) is 5.26 Å². The molecule has 1 atom stereocenters. The molecule has 0 aliphatic heterocycles. The Morgan fingerprint density at radius 3 is 2.63 bits per heavy atom. The van der Waals surface area contributed by atoms with Crippen LogP contribution in [0.4, 0.5) is 0 Å². The topological polar surface area (TPSA) is 82.0 Å². The molecule has 1 heterocycles. The molecular weight excluding hydrogens is 358 g/mol. The van der Waals surface area contributed by atoms with E-state index in [0.29, 0.717) is 11.3 Å². The van der Waals surface area contributed by atoms with E-state index in [0.717, 1.165) is 16.3 Å². The maximum Gasteiger partial charge on any atom is 0.262 e. The number of nitriles is 1. The molecule has 0 aliphatic rings. The molecule has 1 unspecified atom stereocenters. The number of hydrogen-bond donors (Lipinski definition) is 2. The van der Waals surface area contributed by atoms with Gasteiger partial charge in [0.2, 0.25) is 5.91 Å². The van der Waals surface area contributed by atoms with Gasteiger partial charge in [-0.1, -0.05) is 48.5 Å². The summed E-state index contributed by atoms with van der Waals surface area (Å²) in [6.07, 6.45) is 0.605. The highest BCUT2D eigenvalue weighted by Crippen LogP contribution is 2.17. The number of amides is 2. The predicted octanol–water partition coefficient (Wildman–Crippen LogP) is 3.27. The summed E-state index contributed by atoms with van der Waals surface area (Å²) in [4.78, 5) is 25.5. The van der Waals surface area contributed by atoms with Gasteiger partial charge in [0.15, 0.2) is 0 Å². The van der Waals surface area contributed by atoms with Crippen LogP contribution in [0, 0.1) is 11.3 Å². The van der Waals surface area contributed by atoms with Gasteiger partial charge in [0.25, 0.3) is 5.91 Å². The minimum Gasteiger partial charge on any atom is -0.353 e. The molecule has 6 heteroatoms. The monoisotopic (exact) mass is 377 g/mol. The lowest BCUT2D eigenvalue weighted by Crippen LogP contribution is -2.48. The summed E-state index contributed by atoms with van der Waals surface area (Å²) in [5.74, 6) is -0.561. The molecule has 0 radical (unpaired) electrons. The Balaban J connectivity index is 1.77. The Kier molecular flexibility index (Phi) is 6.18. The molecule has 3 rings (SSSR count). The van der Waals surface area contributed by atoms with Crippen molar-refractivity contribution in [2.45, 2.75) is 18.9 Å². The first-order chi connectivity index (χ1) is 13.2. The Hall–Kier alpha value is -3.17. The van der Waals surface area contributed by atoms with E-state index < -0.39 is 6.04 Å². The predicted molar refractivity (Wildman–Crippen MR) is 106 cm³/mol. The number of fused-ring (bicyclic) bond motifs is 1. The van der Waals surface area contributed by atoms with E-state index in [9.17, 15) is 9.59 Å². The number of nitrogens with one attached hydrogen (secondary N) is 2. The quantitative estimate of drug-likeness (QED) is 0.620. The lowest BCUT2D eigenvalue weighted by molar-refractivity contribution is -0.122. The molecule has 2 amide bonds. The Bertz CT molecular complexity index is 977. The van der Waals surface area contributed by atoms with Crippen LogP contribution in [0.3, 0.4) is 0 Å². The van der Waals surface area contributed by atoms with Gasteiger partial charge in [0, 0.05) is 13.0 Å². The molecule has 3 aromatic rings. The molecule has 0 saturated heterocycles. The van der Waals surface area contributed by atoms with E-state index in [4.69, 9.17) is 5.26 Å². The molecular formula is C21H19N3O2S. The van der Waals surface area contributed by atoms with Gasteiger partial charge in [-0.15, -0.1) is 11.3 Å². The van der Waals surface area contributed by atoms with Gasteiger partial charge < -0.3 is 10.6 Å². The molecule has 0 saturated carbocycles. The fourth-order valence-corrected chi connectivity index (χ4v) is 3.44. The second kappa shape index (κ2) is 8.97. The van der Waals surface area contributed by atoms with Gasteiger partial charge >= 0.3 is 0 Å². The third kappa shape index (κ3) is 4.93. The molecule has 136 valence electrons. The maximum atomic E-state index is 12.6. The van der Waals surface area contributed by atoms with Crippen LogP contribution in [0.2, 0.25) is 0 Å². The second-order valence-electron chi connectivity index (χ2n) is 6.09. The average Bonchev–Trinajstić information content (AvgIpc) is 3.22. The summed E-state index contributed by atoms with van der Waals surface area (Å²) in [6.45, 7) is 0.262. The van der Waals surface area contributed by atoms with Gasteiger partial charge in [-0.05, 0) is 27.8 Å². The smallest absolute Gasteiger partial charge is 0.262 e. The second-order valence-corrected chi connectivity index (χ2v) is 7.04. The minimum atomic E-state index is -0.709. The summed E-state index contributed by atoms with van der Waals surface area (Å²) >= 11 is 1.33. The number of hydrogen-bond acceptors (Lipinski definition) is 4. The van der Waals surface area contributed by atoms with Crippen molar-refractivity contribution in [2.75, 3.05) is 6.54 Å². The van der Waals surface area contributed by atoms with Crippen LogP contribution in [0.5, 0.6) is 0 Å². The van der Waals surface area contributed by atoms with Crippen LogP contribution >= 0.6 is 11.3 Å². The normalized spacial score (nSPS) is 11.5. The van der Waals surface area contributed by atoms with E-state index in [1.807, 2.05) is 53.9 Å². The number of carbonyl (C=O) groups is 2. The van der Waals surface area contributed by atoms with Crippen molar-refractivity contribution in [3.05, 3.63) is 70.4 Å². The average molecular weight is 377 g/mol. The molecule has 0 spiro atoms. The summed E-state index contributed by atoms with van der Waals surface area (Å²) in [5.41, 5.74) is 0.959. The Morgan fingerprint density at radius 1 is 1.07 bits per heavy atom. The van der Waals surface area contributed by atoms with Crippen LogP contribution in [-0.4, -0.2) is 24.4 Å². The number of benzene rings is 2. The SMILES string of the molecule is N#CCCNC(=O)C(Cc1ccc2ccccc2c1)NC(=O)c1cccs1. The van der Waals surface area contributed by atoms with Gasteiger partial charge in [0.05, 0.1) is 17.4 Å². The Morgan fingerprint density at radius 2 is 1.89 bits per heavy atom. The first-order valence-corrected chi connectivity index (χ1v) is 9.52. The van der Waals surface area contributed by atoms with Crippen LogP contribution in [0.25, 0.3) is 10.8 Å². The summed E-state index contributed by atoms with van der Waals surface area (Å²) in [6, 6.07) is 18.8. The number of nitrogens with zero attached hydrogens (tertiary/aromatic N) is 1. The van der Waals surface area contributed by atoms with Crippen molar-refractivity contribution in [1.82, 2.24) is 10.6 Å². The summed E-state index contributed by atoms with van der Waals surface area (Å²) in [7, 11) is 0. The molecule has 2 N–H and O–H groups in total. The fraction of sp³-hybridized carbons (Fsp3) is 0.190. The van der Waals surface area contributed by atoms with E-state index in [2.05, 4.69) is 10.6 Å². The van der Waals surface area contributed by atoms with Gasteiger partial charge in [-0.3, -0.25) is 9.59 Å². The van der Waals surface area contributed by atoms with E-state index in [1.54, 1.807) is 12.1 Å². The van der Waals surface area contributed by atoms with Crippen molar-refractivity contribution in [3.63, 3.8) is 0 Å². The van der Waals surface area contributed by atoms with Gasteiger partial charge in [-0.25, -0.2) is 0 Å². The molecule has 1 aromatic heterocycles. The zero-order valence-electron chi connectivity index (χ0n) is 14.6. The number of thiophene rings is 1. The van der Waals surface area contributed by atoms with Crippen molar-refractivity contribution in [2.24, 2.45) is 0 Å². The third-order valence-corrected chi connectivity index (χ3v) is 5.03. The summed E-state index contributed by atoms with van der Waals surface area (Å²) < 4.78 is 0. The van der Waals surface area contributed by atoms with Crippen molar-refractivity contribution in [3.8, 4) is 6.07 Å². The molecule has 0 aliphatic carbocycles. The molecule has 0 bridgehead atoms. The first-order valence-electron chi connectivity index (χ1n) is 8.64. The fourth-order valence-electron chi connectivity index (χ4n) is 2.81. The standard InChI is InChI=1S/C21H19N3O2S/c22-10-4-11-23-20(25)18(24-21(26)19-7-3-12-27-19)14-15-8-9-16-5-1-2-6-17(16)13-15/h1-3,5-9,12-13,18H,4,11,14H2,(H,23,25)(H,24,26). The van der Waals surface area contributed by atoms with Gasteiger partial charge in [-0.2, -0.15) is 5.26 Å². The highest BCUT2D eigenvalue weighted by molar-refractivity contribution is 7.12. The zero-order chi connectivity index (χ0) is 19.1. The molecule has 5 nitrogen and oxygen atoms in total. The van der Waals surface area contributed by atoms with Crippen LogP contribution in [0.1, 0.15) is 21.7 Å². The van der Waals surface area contributed by atoms with E-state index >= 15 is 0 Å². The van der Waals surface area contributed by atoms with E-state index in [-0.39, 0.29) is 24.8 Å². The zero-order valence-corrected chi connectivity index (χ0v) is 15.5. The molecule has 27 heavy (non-hydrogen) atoms. The molecule has 2 aromatic carbocycles. The highest BCUT2D eigenvalue weighted by Gasteiger charge is 2.22. The van der Waals surface area contributed by atoms with Crippen LogP contribution < -0.4 is 10.6 Å². The lowest BCUT2D eigenvalue weighted by atomic mass is 10.0.